The van der Waals surface area contributed by atoms with Crippen LogP contribution in [0.15, 0.2) is 11.8 Å². The van der Waals surface area contributed by atoms with Crippen LogP contribution in [0.4, 0.5) is 0 Å². The molecule has 0 saturated carbocycles. The van der Waals surface area contributed by atoms with Gasteiger partial charge in [0.15, 0.2) is 0 Å². The number of nitriles is 1. The van der Waals surface area contributed by atoms with Crippen LogP contribution in [-0.2, 0) is 9.59 Å². The summed E-state index contributed by atoms with van der Waals surface area (Å²) in [6.07, 6.45) is 4.37. The minimum atomic E-state index is -0.208. The molecule has 2 aliphatic heterocycles. The van der Waals surface area contributed by atoms with Gasteiger partial charge in [-0.3, -0.25) is 9.59 Å². The highest BCUT2D eigenvalue weighted by Gasteiger charge is 2.26. The predicted octanol–water partition coefficient (Wildman–Crippen LogP) is -0.280. The molecule has 126 valence electrons. The summed E-state index contributed by atoms with van der Waals surface area (Å²) in [5.74, 6) is -0.208. The van der Waals surface area contributed by atoms with E-state index in [9.17, 15) is 14.9 Å². The molecule has 0 unspecified atom stereocenters. The maximum absolute atomic E-state index is 12.6. The number of nitrogens with zero attached hydrogens (tertiary/aromatic N) is 5. The van der Waals surface area contributed by atoms with E-state index in [0.717, 1.165) is 32.3 Å². The fraction of sp³-hybridized carbons (Fsp3) is 0.688. The summed E-state index contributed by atoms with van der Waals surface area (Å²) in [7, 11) is 3.87. The maximum Gasteiger partial charge on any atom is 0.265 e. The summed E-state index contributed by atoms with van der Waals surface area (Å²) < 4.78 is 0. The second-order valence-electron chi connectivity index (χ2n) is 6.28. The Bertz CT molecular complexity index is 497. The third-order valence-corrected chi connectivity index (χ3v) is 4.72. The van der Waals surface area contributed by atoms with Gasteiger partial charge in [0.1, 0.15) is 11.6 Å². The number of rotatable bonds is 4. The second kappa shape index (κ2) is 7.97. The normalized spacial score (nSPS) is 21.0. The average Bonchev–Trinajstić information content (AvgIpc) is 2.59. The van der Waals surface area contributed by atoms with Gasteiger partial charge in [-0.25, -0.2) is 0 Å². The Labute approximate surface area is 137 Å². The first kappa shape index (κ1) is 17.3. The lowest BCUT2D eigenvalue weighted by atomic mass is 10.0. The molecule has 2 aliphatic rings. The van der Waals surface area contributed by atoms with E-state index in [4.69, 9.17) is 0 Å². The highest BCUT2D eigenvalue weighted by Crippen LogP contribution is 2.16. The molecular weight excluding hydrogens is 294 g/mol. The number of carbonyl (C=O) groups is 2. The van der Waals surface area contributed by atoms with Gasteiger partial charge in [0, 0.05) is 45.5 Å². The molecule has 0 spiro atoms. The standard InChI is InChI=1S/C16H25N5O2/c1-18-5-3-15(4-6-18)19(2)16(23)14(11-17)12-20-7-9-21(13-22)10-8-20/h12-13,15H,3-10H2,1-2H3/b14-12-. The molecule has 0 aliphatic carbocycles. The molecule has 2 fully saturated rings. The molecule has 23 heavy (non-hydrogen) atoms. The Kier molecular flexibility index (Phi) is 5.99. The molecule has 2 saturated heterocycles. The van der Waals surface area contributed by atoms with Gasteiger partial charge in [0.05, 0.1) is 0 Å². The molecule has 2 amide bonds. The number of carbonyl (C=O) groups excluding carboxylic acids is 2. The van der Waals surface area contributed by atoms with Gasteiger partial charge in [0.25, 0.3) is 5.91 Å². The SMILES string of the molecule is CN1CCC(N(C)C(=O)/C(C#N)=C\N2CCN(C=O)CC2)CC1. The van der Waals surface area contributed by atoms with Gasteiger partial charge in [0.2, 0.25) is 6.41 Å². The summed E-state index contributed by atoms with van der Waals surface area (Å²) in [5, 5.41) is 9.35. The molecule has 0 aromatic carbocycles. The fourth-order valence-electron chi connectivity index (χ4n) is 3.02. The number of amides is 2. The Morgan fingerprint density at radius 1 is 1.13 bits per heavy atom. The smallest absolute Gasteiger partial charge is 0.265 e. The first-order valence-corrected chi connectivity index (χ1v) is 8.06. The predicted molar refractivity (Wildman–Crippen MR) is 86.2 cm³/mol. The number of likely N-dealkylation sites (N-methyl/N-ethyl adjacent to an activating group) is 1. The number of piperazine rings is 1. The van der Waals surface area contributed by atoms with Crippen molar-refractivity contribution < 1.29 is 9.59 Å². The molecule has 0 N–H and O–H groups in total. The van der Waals surface area contributed by atoms with E-state index >= 15 is 0 Å². The van der Waals surface area contributed by atoms with Crippen LogP contribution in [0, 0.1) is 11.3 Å². The van der Waals surface area contributed by atoms with E-state index in [2.05, 4.69) is 11.9 Å². The molecule has 0 radical (unpaired) electrons. The Hall–Kier alpha value is -2.07. The van der Waals surface area contributed by atoms with Crippen molar-refractivity contribution in [3.8, 4) is 6.07 Å². The largest absolute Gasteiger partial charge is 0.373 e. The van der Waals surface area contributed by atoms with E-state index in [1.165, 1.54) is 0 Å². The molecule has 2 rings (SSSR count). The summed E-state index contributed by atoms with van der Waals surface area (Å²) >= 11 is 0. The third kappa shape index (κ3) is 4.45. The van der Waals surface area contributed by atoms with Crippen molar-refractivity contribution >= 4 is 12.3 Å². The van der Waals surface area contributed by atoms with E-state index < -0.39 is 0 Å². The highest BCUT2D eigenvalue weighted by molar-refractivity contribution is 5.97. The van der Waals surface area contributed by atoms with Crippen LogP contribution in [0.5, 0.6) is 0 Å². The van der Waals surface area contributed by atoms with Crippen molar-refractivity contribution in [2.45, 2.75) is 18.9 Å². The Morgan fingerprint density at radius 3 is 2.22 bits per heavy atom. The van der Waals surface area contributed by atoms with E-state index in [1.807, 2.05) is 11.0 Å². The van der Waals surface area contributed by atoms with Gasteiger partial charge in [-0.05, 0) is 33.0 Å². The van der Waals surface area contributed by atoms with Gasteiger partial charge in [-0.1, -0.05) is 0 Å². The van der Waals surface area contributed by atoms with Gasteiger partial charge in [-0.2, -0.15) is 5.26 Å². The van der Waals surface area contributed by atoms with E-state index in [0.29, 0.717) is 26.2 Å². The molecule has 0 aromatic heterocycles. The van der Waals surface area contributed by atoms with Crippen molar-refractivity contribution in [3.63, 3.8) is 0 Å². The molecule has 0 bridgehead atoms. The first-order valence-electron chi connectivity index (χ1n) is 8.06. The second-order valence-corrected chi connectivity index (χ2v) is 6.28. The van der Waals surface area contributed by atoms with E-state index in [-0.39, 0.29) is 17.5 Å². The topological polar surface area (TPSA) is 70.9 Å². The third-order valence-electron chi connectivity index (χ3n) is 4.72. The zero-order valence-electron chi connectivity index (χ0n) is 13.9. The van der Waals surface area contributed by atoms with Crippen LogP contribution in [0.3, 0.4) is 0 Å². The average molecular weight is 319 g/mol. The zero-order valence-corrected chi connectivity index (χ0v) is 13.9. The lowest BCUT2D eigenvalue weighted by Gasteiger charge is -2.35. The summed E-state index contributed by atoms with van der Waals surface area (Å²) in [6, 6.07) is 2.23. The van der Waals surface area contributed by atoms with Crippen LogP contribution in [-0.4, -0.2) is 91.3 Å². The van der Waals surface area contributed by atoms with Crippen molar-refractivity contribution in [3.05, 3.63) is 11.8 Å². The van der Waals surface area contributed by atoms with Crippen LogP contribution in [0.1, 0.15) is 12.8 Å². The molecular formula is C16H25N5O2. The van der Waals surface area contributed by atoms with Gasteiger partial charge < -0.3 is 19.6 Å². The lowest BCUT2D eigenvalue weighted by Crippen LogP contribution is -2.46. The van der Waals surface area contributed by atoms with E-state index in [1.54, 1.807) is 23.0 Å². The molecule has 0 atom stereocenters. The Morgan fingerprint density at radius 2 is 1.70 bits per heavy atom. The van der Waals surface area contributed by atoms with Crippen LogP contribution >= 0.6 is 0 Å². The van der Waals surface area contributed by atoms with Crippen LogP contribution < -0.4 is 0 Å². The Balaban J connectivity index is 1.96. The highest BCUT2D eigenvalue weighted by atomic mass is 16.2. The fourth-order valence-corrected chi connectivity index (χ4v) is 3.02. The molecule has 7 nitrogen and oxygen atoms in total. The summed E-state index contributed by atoms with van der Waals surface area (Å²) in [6.45, 7) is 4.49. The van der Waals surface area contributed by atoms with Gasteiger partial charge >= 0.3 is 0 Å². The number of likely N-dealkylation sites (tertiary alicyclic amines) is 1. The minimum Gasteiger partial charge on any atom is -0.373 e. The summed E-state index contributed by atoms with van der Waals surface area (Å²) in [5.41, 5.74) is 0.172. The zero-order chi connectivity index (χ0) is 16.8. The molecule has 7 heteroatoms. The van der Waals surface area contributed by atoms with Crippen molar-refractivity contribution in [2.75, 3.05) is 53.4 Å². The van der Waals surface area contributed by atoms with Crippen molar-refractivity contribution in [1.82, 2.24) is 19.6 Å². The maximum atomic E-state index is 12.6. The number of piperidine rings is 1. The van der Waals surface area contributed by atoms with Crippen LogP contribution in [0.25, 0.3) is 0 Å². The minimum absolute atomic E-state index is 0.172. The first-order chi connectivity index (χ1) is 11.0. The quantitative estimate of drug-likeness (QED) is 0.405. The van der Waals surface area contributed by atoms with Crippen molar-refractivity contribution in [2.24, 2.45) is 0 Å². The monoisotopic (exact) mass is 319 g/mol. The van der Waals surface area contributed by atoms with Crippen LogP contribution in [0.2, 0.25) is 0 Å². The van der Waals surface area contributed by atoms with Gasteiger partial charge in [-0.15, -0.1) is 0 Å². The number of hydrogen-bond donors (Lipinski definition) is 0. The van der Waals surface area contributed by atoms with Crippen molar-refractivity contribution in [1.29, 1.82) is 5.26 Å². The molecule has 2 heterocycles. The lowest BCUT2D eigenvalue weighted by molar-refractivity contribution is -0.128. The number of hydrogen-bond acceptors (Lipinski definition) is 5. The molecule has 0 aromatic rings. The summed E-state index contributed by atoms with van der Waals surface area (Å²) in [4.78, 5) is 30.9.